The van der Waals surface area contributed by atoms with Crippen LogP contribution in [0.2, 0.25) is 0 Å². The van der Waals surface area contributed by atoms with Gasteiger partial charge in [0.15, 0.2) is 0 Å². The molecule has 0 atom stereocenters. The predicted molar refractivity (Wildman–Crippen MR) is 77.9 cm³/mol. The molecule has 0 aliphatic rings. The molecule has 0 aliphatic carbocycles. The van der Waals surface area contributed by atoms with Gasteiger partial charge in [0.2, 0.25) is 0 Å². The van der Waals surface area contributed by atoms with E-state index < -0.39 is 5.97 Å². The van der Waals surface area contributed by atoms with Crippen LogP contribution in [0.25, 0.3) is 11.3 Å². The fraction of sp³-hybridized carbons (Fsp3) is 0.200. The van der Waals surface area contributed by atoms with Crippen LogP contribution < -0.4 is 9.47 Å². The number of allylic oxidation sites excluding steroid dienone is 1. The van der Waals surface area contributed by atoms with Gasteiger partial charge in [-0.3, -0.25) is 4.68 Å². The third-order valence-corrected chi connectivity index (χ3v) is 2.98. The van der Waals surface area contributed by atoms with Crippen molar-refractivity contribution in [3.8, 4) is 22.8 Å². The molecule has 0 unspecified atom stereocenters. The summed E-state index contributed by atoms with van der Waals surface area (Å²) >= 11 is 0. The first kappa shape index (κ1) is 14.6. The third-order valence-electron chi connectivity index (χ3n) is 2.98. The highest BCUT2D eigenvalue weighted by molar-refractivity contribution is 5.87. The van der Waals surface area contributed by atoms with Crippen LogP contribution in [0.4, 0.5) is 0 Å². The van der Waals surface area contributed by atoms with Crippen LogP contribution in [-0.4, -0.2) is 35.1 Å². The molecule has 0 saturated heterocycles. The molecule has 0 aliphatic heterocycles. The Bertz CT molecular complexity index is 676. The van der Waals surface area contributed by atoms with Crippen LogP contribution in [-0.2, 0) is 6.54 Å². The molecule has 6 nitrogen and oxygen atoms in total. The second-order valence-electron chi connectivity index (χ2n) is 4.26. The zero-order valence-corrected chi connectivity index (χ0v) is 11.9. The minimum atomic E-state index is -1.04. The first-order valence-corrected chi connectivity index (χ1v) is 6.25. The van der Waals surface area contributed by atoms with E-state index in [1.165, 1.54) is 10.7 Å². The number of carboxylic acids is 1. The summed E-state index contributed by atoms with van der Waals surface area (Å²) in [5.74, 6) is 0.189. The van der Waals surface area contributed by atoms with E-state index in [9.17, 15) is 9.90 Å². The fourth-order valence-electron chi connectivity index (χ4n) is 2.00. The van der Waals surface area contributed by atoms with Crippen molar-refractivity contribution in [1.29, 1.82) is 0 Å². The molecule has 0 spiro atoms. The minimum absolute atomic E-state index is 0.0924. The van der Waals surface area contributed by atoms with Gasteiger partial charge in [0.25, 0.3) is 0 Å². The van der Waals surface area contributed by atoms with E-state index in [-0.39, 0.29) is 5.69 Å². The molecule has 0 bridgehead atoms. The van der Waals surface area contributed by atoms with Crippen LogP contribution in [0.15, 0.2) is 36.9 Å². The molecule has 6 heteroatoms. The van der Waals surface area contributed by atoms with Gasteiger partial charge in [0.1, 0.15) is 17.2 Å². The number of aromatic nitrogens is 2. The van der Waals surface area contributed by atoms with E-state index in [1.54, 1.807) is 38.5 Å². The van der Waals surface area contributed by atoms with Crippen LogP contribution in [0, 0.1) is 0 Å². The average Bonchev–Trinajstić information content (AvgIpc) is 2.91. The van der Waals surface area contributed by atoms with Crippen LogP contribution in [0.5, 0.6) is 11.5 Å². The molecule has 1 aromatic carbocycles. The summed E-state index contributed by atoms with van der Waals surface area (Å²) in [6.07, 6.45) is 1.59. The lowest BCUT2D eigenvalue weighted by molar-refractivity contribution is 0.0684. The Morgan fingerprint density at radius 1 is 1.38 bits per heavy atom. The quantitative estimate of drug-likeness (QED) is 0.826. The first-order valence-electron chi connectivity index (χ1n) is 6.25. The Labute approximate surface area is 122 Å². The lowest BCUT2D eigenvalue weighted by Gasteiger charge is -2.08. The van der Waals surface area contributed by atoms with Crippen LogP contribution >= 0.6 is 0 Å². The Morgan fingerprint density at radius 2 is 2.14 bits per heavy atom. The van der Waals surface area contributed by atoms with E-state index in [1.807, 2.05) is 0 Å². The molecule has 1 N–H and O–H groups in total. The number of hydrogen-bond donors (Lipinski definition) is 1. The van der Waals surface area contributed by atoms with Crippen molar-refractivity contribution in [3.63, 3.8) is 0 Å². The van der Waals surface area contributed by atoms with Gasteiger partial charge >= 0.3 is 5.97 Å². The predicted octanol–water partition coefficient (Wildman–Crippen LogP) is 2.45. The number of nitrogens with zero attached hydrogens (tertiary/aromatic N) is 2. The van der Waals surface area contributed by atoms with Gasteiger partial charge in [0, 0.05) is 5.56 Å². The lowest BCUT2D eigenvalue weighted by atomic mass is 10.1. The second kappa shape index (κ2) is 6.13. The minimum Gasteiger partial charge on any atom is -0.497 e. The molecule has 0 fully saturated rings. The highest BCUT2D eigenvalue weighted by Crippen LogP contribution is 2.33. The lowest BCUT2D eigenvalue weighted by Crippen LogP contribution is -2.08. The number of rotatable bonds is 6. The number of aromatic carboxylic acids is 1. The Hall–Kier alpha value is -2.76. The van der Waals surface area contributed by atoms with Gasteiger partial charge in [-0.15, -0.1) is 6.58 Å². The van der Waals surface area contributed by atoms with Crippen molar-refractivity contribution < 1.29 is 19.4 Å². The highest BCUT2D eigenvalue weighted by Gasteiger charge is 2.17. The zero-order valence-electron chi connectivity index (χ0n) is 11.9. The summed E-state index contributed by atoms with van der Waals surface area (Å²) in [5, 5.41) is 13.5. The topological polar surface area (TPSA) is 73.6 Å². The van der Waals surface area contributed by atoms with Crippen molar-refractivity contribution in [1.82, 2.24) is 9.78 Å². The first-order chi connectivity index (χ1) is 10.1. The molecule has 2 rings (SSSR count). The van der Waals surface area contributed by atoms with Gasteiger partial charge in [-0.05, 0) is 24.3 Å². The average molecular weight is 288 g/mol. The van der Waals surface area contributed by atoms with Gasteiger partial charge in [-0.1, -0.05) is 6.08 Å². The second-order valence-corrected chi connectivity index (χ2v) is 4.26. The van der Waals surface area contributed by atoms with Gasteiger partial charge < -0.3 is 14.6 Å². The third kappa shape index (κ3) is 2.89. The molecule has 0 amide bonds. The van der Waals surface area contributed by atoms with Crippen molar-refractivity contribution in [2.45, 2.75) is 6.54 Å². The maximum absolute atomic E-state index is 11.3. The van der Waals surface area contributed by atoms with Crippen molar-refractivity contribution in [2.24, 2.45) is 0 Å². The summed E-state index contributed by atoms with van der Waals surface area (Å²) in [5.41, 5.74) is 1.27. The van der Waals surface area contributed by atoms with Crippen LogP contribution in [0.3, 0.4) is 0 Å². The van der Waals surface area contributed by atoms with E-state index in [0.29, 0.717) is 29.3 Å². The van der Waals surface area contributed by atoms with Gasteiger partial charge in [-0.2, -0.15) is 5.10 Å². The molecule has 1 heterocycles. The monoisotopic (exact) mass is 288 g/mol. The SMILES string of the molecule is C=CCn1nc(-c2cc(OC)ccc2OC)cc1C(=O)O. The summed E-state index contributed by atoms with van der Waals surface area (Å²) in [4.78, 5) is 11.3. The number of carbonyl (C=O) groups is 1. The Morgan fingerprint density at radius 3 is 2.71 bits per heavy atom. The molecule has 21 heavy (non-hydrogen) atoms. The van der Waals surface area contributed by atoms with E-state index in [4.69, 9.17) is 9.47 Å². The molecule has 2 aromatic rings. The molecular weight excluding hydrogens is 272 g/mol. The van der Waals surface area contributed by atoms with E-state index >= 15 is 0 Å². The van der Waals surface area contributed by atoms with Crippen molar-refractivity contribution in [2.75, 3.05) is 14.2 Å². The molecular formula is C15H16N2O4. The Kier molecular flexibility index (Phi) is 4.27. The molecule has 110 valence electrons. The van der Waals surface area contributed by atoms with E-state index in [0.717, 1.165) is 0 Å². The smallest absolute Gasteiger partial charge is 0.354 e. The summed E-state index contributed by atoms with van der Waals surface area (Å²) in [7, 11) is 3.11. The standard InChI is InChI=1S/C15H16N2O4/c1-4-7-17-13(15(18)19)9-12(16-17)11-8-10(20-2)5-6-14(11)21-3/h4-6,8-9H,1,7H2,2-3H3,(H,18,19). The number of carboxylic acid groups (broad SMARTS) is 1. The maximum atomic E-state index is 11.3. The van der Waals surface area contributed by atoms with Gasteiger partial charge in [-0.25, -0.2) is 4.79 Å². The van der Waals surface area contributed by atoms with Crippen LogP contribution in [0.1, 0.15) is 10.5 Å². The summed E-state index contributed by atoms with van der Waals surface area (Å²) < 4.78 is 11.9. The molecule has 0 saturated carbocycles. The zero-order chi connectivity index (χ0) is 15.4. The van der Waals surface area contributed by atoms with E-state index in [2.05, 4.69) is 11.7 Å². The van der Waals surface area contributed by atoms with Gasteiger partial charge in [0.05, 0.1) is 26.5 Å². The Balaban J connectivity index is 2.58. The highest BCUT2D eigenvalue weighted by atomic mass is 16.5. The fourth-order valence-corrected chi connectivity index (χ4v) is 2.00. The molecule has 0 radical (unpaired) electrons. The maximum Gasteiger partial charge on any atom is 0.354 e. The number of methoxy groups -OCH3 is 2. The summed E-state index contributed by atoms with van der Waals surface area (Å²) in [6.45, 7) is 3.91. The van der Waals surface area contributed by atoms with Crippen molar-refractivity contribution >= 4 is 5.97 Å². The summed E-state index contributed by atoms with van der Waals surface area (Å²) in [6, 6.07) is 6.77. The largest absolute Gasteiger partial charge is 0.497 e. The van der Waals surface area contributed by atoms with Crippen molar-refractivity contribution in [3.05, 3.63) is 42.6 Å². The normalized spacial score (nSPS) is 10.2. The molecule has 1 aromatic heterocycles. The number of ether oxygens (including phenoxy) is 2. The number of hydrogen-bond acceptors (Lipinski definition) is 4. The number of benzene rings is 1.